The summed E-state index contributed by atoms with van der Waals surface area (Å²) in [5.41, 5.74) is 3.66. The highest BCUT2D eigenvalue weighted by Crippen LogP contribution is 2.33. The maximum absolute atomic E-state index is 6.26. The Balaban J connectivity index is 1.35. The molecule has 3 aromatic rings. The fraction of sp³-hybridized carbons (Fsp3) is 0.333. The van der Waals surface area contributed by atoms with Gasteiger partial charge in [0.25, 0.3) is 0 Å². The lowest BCUT2D eigenvalue weighted by molar-refractivity contribution is -0.0605. The Labute approximate surface area is 142 Å². The molecule has 2 bridgehead atoms. The third-order valence-electron chi connectivity index (χ3n) is 5.60. The highest BCUT2D eigenvalue weighted by atomic mass is 16.5. The molecule has 3 aliphatic heterocycles. The molecule has 3 aliphatic rings. The molecule has 1 N–H and O–H groups in total. The van der Waals surface area contributed by atoms with Crippen molar-refractivity contribution in [1.29, 1.82) is 0 Å². The lowest BCUT2D eigenvalue weighted by Crippen LogP contribution is -2.51. The molecule has 0 aliphatic carbocycles. The zero-order valence-electron chi connectivity index (χ0n) is 13.7. The van der Waals surface area contributed by atoms with Crippen LogP contribution in [0.25, 0.3) is 22.0 Å². The van der Waals surface area contributed by atoms with E-state index in [4.69, 9.17) is 4.74 Å². The maximum atomic E-state index is 6.26. The van der Waals surface area contributed by atoms with Gasteiger partial charge in [0.05, 0.1) is 0 Å². The van der Waals surface area contributed by atoms with Gasteiger partial charge in [-0.3, -0.25) is 4.90 Å². The fourth-order valence-corrected chi connectivity index (χ4v) is 4.15. The first-order chi connectivity index (χ1) is 11.8. The second-order valence-corrected chi connectivity index (χ2v) is 7.09. The number of nitrogens with zero attached hydrogens (tertiary/aromatic N) is 1. The minimum Gasteiger partial charge on any atom is -0.475 e. The van der Waals surface area contributed by atoms with Crippen LogP contribution in [0.4, 0.5) is 0 Å². The van der Waals surface area contributed by atoms with Crippen molar-refractivity contribution in [2.24, 2.45) is 5.92 Å². The lowest BCUT2D eigenvalue weighted by Gasteiger charge is -2.44. The molecular formula is C21H22N2O. The van der Waals surface area contributed by atoms with Crippen LogP contribution in [0.15, 0.2) is 54.7 Å². The van der Waals surface area contributed by atoms with Crippen molar-refractivity contribution in [2.75, 3.05) is 13.1 Å². The van der Waals surface area contributed by atoms with Crippen LogP contribution >= 0.6 is 0 Å². The van der Waals surface area contributed by atoms with Crippen molar-refractivity contribution >= 4 is 10.9 Å². The largest absolute Gasteiger partial charge is 0.475 e. The molecule has 0 amide bonds. The molecule has 3 heteroatoms. The van der Waals surface area contributed by atoms with Gasteiger partial charge in [0.2, 0.25) is 0 Å². The van der Waals surface area contributed by atoms with Crippen LogP contribution in [0.5, 0.6) is 5.75 Å². The van der Waals surface area contributed by atoms with Crippen molar-refractivity contribution in [3.05, 3.63) is 54.7 Å². The summed E-state index contributed by atoms with van der Waals surface area (Å²) < 4.78 is 6.26. The Morgan fingerprint density at radius 2 is 1.71 bits per heavy atom. The molecule has 0 saturated carbocycles. The third kappa shape index (κ3) is 2.49. The molecular weight excluding hydrogens is 296 g/mol. The number of H-pyrrole nitrogens is 1. The zero-order valence-corrected chi connectivity index (χ0v) is 13.7. The number of hydrogen-bond acceptors (Lipinski definition) is 2. The van der Waals surface area contributed by atoms with E-state index in [1.165, 1.54) is 54.4 Å². The van der Waals surface area contributed by atoms with E-state index in [9.17, 15) is 0 Å². The van der Waals surface area contributed by atoms with Gasteiger partial charge < -0.3 is 9.72 Å². The number of fused-ring (bicyclic) bond motifs is 4. The SMILES string of the molecule is c1cc2cc(-c3ccc(OC4CC5CCN4CC5)cc3)ccc2[nH]1. The molecule has 1 aromatic heterocycles. The van der Waals surface area contributed by atoms with E-state index in [1.54, 1.807) is 0 Å². The highest BCUT2D eigenvalue weighted by Gasteiger charge is 2.34. The summed E-state index contributed by atoms with van der Waals surface area (Å²) >= 11 is 0. The smallest absolute Gasteiger partial charge is 0.152 e. The van der Waals surface area contributed by atoms with Crippen LogP contribution in [0.1, 0.15) is 19.3 Å². The van der Waals surface area contributed by atoms with E-state index < -0.39 is 0 Å². The topological polar surface area (TPSA) is 28.3 Å². The van der Waals surface area contributed by atoms with Crippen LogP contribution in [0.3, 0.4) is 0 Å². The first-order valence-electron chi connectivity index (χ1n) is 8.93. The molecule has 6 rings (SSSR count). The lowest BCUT2D eigenvalue weighted by atomic mass is 9.87. The number of aromatic nitrogens is 1. The summed E-state index contributed by atoms with van der Waals surface area (Å²) in [6.45, 7) is 2.40. The zero-order chi connectivity index (χ0) is 15.9. The molecule has 0 radical (unpaired) electrons. The average molecular weight is 318 g/mol. The first kappa shape index (κ1) is 14.1. The second kappa shape index (κ2) is 5.67. The summed E-state index contributed by atoms with van der Waals surface area (Å²) in [6, 6.07) is 17.2. The number of benzene rings is 2. The van der Waals surface area contributed by atoms with Crippen LogP contribution in [-0.4, -0.2) is 29.2 Å². The molecule has 24 heavy (non-hydrogen) atoms. The Kier molecular flexibility index (Phi) is 3.34. The normalized spacial score (nSPS) is 25.9. The highest BCUT2D eigenvalue weighted by molar-refractivity contribution is 5.85. The fourth-order valence-electron chi connectivity index (χ4n) is 4.15. The molecule has 3 fully saturated rings. The monoisotopic (exact) mass is 318 g/mol. The molecule has 3 saturated heterocycles. The van der Waals surface area contributed by atoms with Crippen molar-refractivity contribution in [2.45, 2.75) is 25.5 Å². The molecule has 1 atom stereocenters. The van der Waals surface area contributed by atoms with Crippen LogP contribution in [0, 0.1) is 5.92 Å². The average Bonchev–Trinajstić information content (AvgIpc) is 3.11. The minimum absolute atomic E-state index is 0.277. The van der Waals surface area contributed by atoms with E-state index in [0.717, 1.165) is 11.7 Å². The van der Waals surface area contributed by atoms with Gasteiger partial charge in [0, 0.05) is 31.2 Å². The number of ether oxygens (including phenoxy) is 1. The summed E-state index contributed by atoms with van der Waals surface area (Å²) in [6.07, 6.45) is 6.14. The van der Waals surface area contributed by atoms with E-state index in [2.05, 4.69) is 58.4 Å². The molecule has 122 valence electrons. The second-order valence-electron chi connectivity index (χ2n) is 7.09. The van der Waals surface area contributed by atoms with Gasteiger partial charge in [-0.1, -0.05) is 18.2 Å². The third-order valence-corrected chi connectivity index (χ3v) is 5.60. The molecule has 4 heterocycles. The van der Waals surface area contributed by atoms with Crippen LogP contribution < -0.4 is 4.74 Å². The van der Waals surface area contributed by atoms with E-state index in [-0.39, 0.29) is 6.23 Å². The van der Waals surface area contributed by atoms with Gasteiger partial charge in [-0.05, 0) is 65.6 Å². The van der Waals surface area contributed by atoms with Crippen molar-refractivity contribution in [1.82, 2.24) is 9.88 Å². The maximum Gasteiger partial charge on any atom is 0.152 e. The number of piperidine rings is 3. The summed E-state index contributed by atoms with van der Waals surface area (Å²) in [5.74, 6) is 1.85. The number of hydrogen-bond donors (Lipinski definition) is 1. The Hall–Kier alpha value is -2.26. The van der Waals surface area contributed by atoms with Gasteiger partial charge in [0.1, 0.15) is 5.75 Å². The van der Waals surface area contributed by atoms with Gasteiger partial charge in [-0.2, -0.15) is 0 Å². The summed E-state index contributed by atoms with van der Waals surface area (Å²) in [7, 11) is 0. The van der Waals surface area contributed by atoms with Gasteiger partial charge >= 0.3 is 0 Å². The van der Waals surface area contributed by atoms with Crippen molar-refractivity contribution < 1.29 is 4.74 Å². The molecule has 0 spiro atoms. The van der Waals surface area contributed by atoms with Gasteiger partial charge in [-0.25, -0.2) is 0 Å². The number of rotatable bonds is 3. The van der Waals surface area contributed by atoms with E-state index in [0.29, 0.717) is 0 Å². The Bertz CT molecular complexity index is 844. The molecule has 1 unspecified atom stereocenters. The van der Waals surface area contributed by atoms with Crippen LogP contribution in [0.2, 0.25) is 0 Å². The van der Waals surface area contributed by atoms with E-state index >= 15 is 0 Å². The Morgan fingerprint density at radius 3 is 2.46 bits per heavy atom. The number of aromatic amines is 1. The van der Waals surface area contributed by atoms with Crippen molar-refractivity contribution in [3.8, 4) is 16.9 Å². The predicted molar refractivity (Wildman–Crippen MR) is 97.1 cm³/mol. The number of nitrogens with one attached hydrogen (secondary N) is 1. The van der Waals surface area contributed by atoms with Crippen molar-refractivity contribution in [3.63, 3.8) is 0 Å². The van der Waals surface area contributed by atoms with Gasteiger partial charge in [-0.15, -0.1) is 0 Å². The summed E-state index contributed by atoms with van der Waals surface area (Å²) in [5, 5.41) is 1.25. The standard InChI is InChI=1S/C21H22N2O/c1-4-19(24-21-13-15-8-11-23(21)12-9-15)5-2-16(1)17-3-6-20-18(14-17)7-10-22-20/h1-7,10,14-15,21-22H,8-9,11-13H2. The predicted octanol–water partition coefficient (Wildman–Crippen LogP) is 4.66. The first-order valence-corrected chi connectivity index (χ1v) is 8.93. The quantitative estimate of drug-likeness (QED) is 0.761. The summed E-state index contributed by atoms with van der Waals surface area (Å²) in [4.78, 5) is 5.74. The Morgan fingerprint density at radius 1 is 0.917 bits per heavy atom. The molecule has 2 aromatic carbocycles. The van der Waals surface area contributed by atoms with E-state index in [1.807, 2.05) is 6.20 Å². The van der Waals surface area contributed by atoms with Gasteiger partial charge in [0.15, 0.2) is 6.23 Å². The van der Waals surface area contributed by atoms with Crippen LogP contribution in [-0.2, 0) is 0 Å². The molecule has 3 nitrogen and oxygen atoms in total. The minimum atomic E-state index is 0.277.